The molecule has 1 rings (SSSR count). The molecule has 0 aromatic heterocycles. The normalized spacial score (nSPS) is 6.21. The molecule has 1 aromatic carbocycles. The van der Waals surface area contributed by atoms with Gasteiger partial charge in [0.25, 0.3) is 0 Å². The number of carboxylic acid groups (broad SMARTS) is 2. The molecule has 0 unspecified atom stereocenters. The number of nitrogens with zero attached hydrogens (tertiary/aromatic N) is 1. The van der Waals surface area contributed by atoms with Crippen molar-refractivity contribution in [3.8, 4) is 6.07 Å². The molecule has 0 radical (unpaired) electrons. The van der Waals surface area contributed by atoms with Crippen LogP contribution in [0, 0.1) is 11.3 Å². The summed E-state index contributed by atoms with van der Waals surface area (Å²) in [7, 11) is 0. The summed E-state index contributed by atoms with van der Waals surface area (Å²) in [5, 5.41) is 25.0. The van der Waals surface area contributed by atoms with Crippen LogP contribution in [-0.4, -0.2) is 6.16 Å². The average molecular weight is 429 g/mol. The molecule has 0 aliphatic carbocycles. The molecule has 0 saturated heterocycles. The number of hydrogen-bond acceptors (Lipinski definition) is 4. The Labute approximate surface area is 200 Å². The molecular formula is C8H5Cs2NO3. The second kappa shape index (κ2) is 15.1. The zero-order valence-corrected chi connectivity index (χ0v) is 20.6. The van der Waals surface area contributed by atoms with Crippen molar-refractivity contribution in [3.63, 3.8) is 0 Å². The second-order valence-electron chi connectivity index (χ2n) is 1.73. The minimum absolute atomic E-state index is 0. The van der Waals surface area contributed by atoms with Crippen LogP contribution < -0.4 is 148 Å². The number of nitriles is 1. The number of rotatable bonds is 0. The van der Waals surface area contributed by atoms with Gasteiger partial charge in [0.1, 0.15) is 0 Å². The smallest absolute Gasteiger partial charge is 0.652 e. The number of hydrogen-bond donors (Lipinski definition) is 0. The summed E-state index contributed by atoms with van der Waals surface area (Å²) in [6, 6.07) is 11.2. The van der Waals surface area contributed by atoms with E-state index in [0.717, 1.165) is 0 Å². The molecule has 14 heavy (non-hydrogen) atoms. The van der Waals surface area contributed by atoms with Gasteiger partial charge in [-0.05, 0) is 18.3 Å². The van der Waals surface area contributed by atoms with Crippen molar-refractivity contribution in [2.45, 2.75) is 0 Å². The Bertz CT molecular complexity index is 280. The van der Waals surface area contributed by atoms with E-state index >= 15 is 0 Å². The summed E-state index contributed by atoms with van der Waals surface area (Å²) >= 11 is 0. The SMILES string of the molecule is N#Cc1ccccc1.O=C([O-])[O-].[Cs+].[Cs+]. The van der Waals surface area contributed by atoms with Crippen molar-refractivity contribution in [3.05, 3.63) is 35.9 Å². The van der Waals surface area contributed by atoms with Crippen LogP contribution in [0.15, 0.2) is 30.3 Å². The minimum atomic E-state index is -2.33. The number of carbonyl (C=O) groups excluding carboxylic acids is 1. The summed E-state index contributed by atoms with van der Waals surface area (Å²) in [5.41, 5.74) is 0.715. The van der Waals surface area contributed by atoms with Crippen LogP contribution in [0.3, 0.4) is 0 Å². The molecule has 0 amide bonds. The number of carbonyl (C=O) groups is 1. The van der Waals surface area contributed by atoms with Gasteiger partial charge in [0.05, 0.1) is 11.6 Å². The summed E-state index contributed by atoms with van der Waals surface area (Å²) in [5.74, 6) is 0. The van der Waals surface area contributed by atoms with Gasteiger partial charge in [-0.3, -0.25) is 0 Å². The molecule has 0 N–H and O–H groups in total. The largest absolute Gasteiger partial charge is 1.00 e. The first-order chi connectivity index (χ1) is 5.66. The zero-order chi connectivity index (χ0) is 9.40. The van der Waals surface area contributed by atoms with Crippen molar-refractivity contribution < 1.29 is 153 Å². The molecule has 0 fully saturated rings. The fourth-order valence-electron chi connectivity index (χ4n) is 0.513. The third-order valence-corrected chi connectivity index (χ3v) is 0.903. The molecule has 1 aromatic rings. The van der Waals surface area contributed by atoms with Gasteiger partial charge < -0.3 is 15.0 Å². The van der Waals surface area contributed by atoms with Crippen molar-refractivity contribution in [1.29, 1.82) is 5.26 Å². The fraction of sp³-hybridized carbons (Fsp3) is 0. The predicted molar refractivity (Wildman–Crippen MR) is 36.6 cm³/mol. The van der Waals surface area contributed by atoms with Crippen molar-refractivity contribution in [2.75, 3.05) is 0 Å². The molecule has 0 bridgehead atoms. The van der Waals surface area contributed by atoms with Gasteiger partial charge in [0.2, 0.25) is 0 Å². The van der Waals surface area contributed by atoms with Gasteiger partial charge in [0.15, 0.2) is 0 Å². The molecule has 62 valence electrons. The number of benzene rings is 1. The molecule has 0 atom stereocenters. The van der Waals surface area contributed by atoms with E-state index in [9.17, 15) is 0 Å². The van der Waals surface area contributed by atoms with E-state index in [0.29, 0.717) is 5.56 Å². The van der Waals surface area contributed by atoms with Crippen LogP contribution in [0.2, 0.25) is 0 Å². The molecular weight excluding hydrogens is 424 g/mol. The van der Waals surface area contributed by atoms with Crippen LogP contribution in [0.1, 0.15) is 5.56 Å². The average Bonchev–Trinajstić information content (AvgIpc) is 2.05. The second-order valence-corrected chi connectivity index (χ2v) is 1.73. The van der Waals surface area contributed by atoms with Gasteiger partial charge in [-0.1, -0.05) is 18.2 Å². The fourth-order valence-corrected chi connectivity index (χ4v) is 0.513. The van der Waals surface area contributed by atoms with Crippen molar-refractivity contribution >= 4 is 6.16 Å². The Morgan fingerprint density at radius 3 is 1.71 bits per heavy atom. The van der Waals surface area contributed by atoms with Gasteiger partial charge in [0, 0.05) is 0 Å². The van der Waals surface area contributed by atoms with Crippen molar-refractivity contribution in [1.82, 2.24) is 0 Å². The van der Waals surface area contributed by atoms with Crippen LogP contribution in [0.4, 0.5) is 4.79 Å². The molecule has 0 aliphatic rings. The summed E-state index contributed by atoms with van der Waals surface area (Å²) in [6.45, 7) is 0. The Morgan fingerprint density at radius 1 is 1.14 bits per heavy atom. The van der Waals surface area contributed by atoms with E-state index in [1.54, 1.807) is 12.1 Å². The van der Waals surface area contributed by atoms with Crippen LogP contribution in [-0.2, 0) is 0 Å². The van der Waals surface area contributed by atoms with E-state index in [-0.39, 0.29) is 138 Å². The topological polar surface area (TPSA) is 87.0 Å². The quantitative estimate of drug-likeness (QED) is 0.411. The van der Waals surface area contributed by atoms with Crippen LogP contribution in [0.5, 0.6) is 0 Å². The van der Waals surface area contributed by atoms with E-state index in [2.05, 4.69) is 0 Å². The van der Waals surface area contributed by atoms with Gasteiger partial charge in [-0.2, -0.15) is 5.26 Å². The molecule has 0 saturated carbocycles. The Morgan fingerprint density at radius 2 is 1.50 bits per heavy atom. The first kappa shape index (κ1) is 21.4. The Balaban J connectivity index is -0.000000180. The molecule has 0 heterocycles. The standard InChI is InChI=1S/C7H5N.CH2O3.2Cs/c8-6-7-4-2-1-3-5-7;2-1(3)4;;/h1-5H;(H2,2,3,4);;/q;;2*+1/p-2. The van der Waals surface area contributed by atoms with Gasteiger partial charge >= 0.3 is 138 Å². The van der Waals surface area contributed by atoms with Crippen LogP contribution >= 0.6 is 0 Å². The maximum Gasteiger partial charge on any atom is 1.00 e. The summed E-state index contributed by atoms with van der Waals surface area (Å²) < 4.78 is 0. The third-order valence-electron chi connectivity index (χ3n) is 0.903. The first-order valence-corrected chi connectivity index (χ1v) is 3.00. The molecule has 4 nitrogen and oxygen atoms in total. The van der Waals surface area contributed by atoms with E-state index in [1.807, 2.05) is 24.3 Å². The molecule has 6 heteroatoms. The Kier molecular flexibility index (Phi) is 23.0. The predicted octanol–water partition coefficient (Wildman–Crippen LogP) is -6.88. The van der Waals surface area contributed by atoms with E-state index in [1.165, 1.54) is 0 Å². The minimum Gasteiger partial charge on any atom is -0.652 e. The maximum absolute atomic E-state index is 8.33. The van der Waals surface area contributed by atoms with Gasteiger partial charge in [-0.25, -0.2) is 0 Å². The zero-order valence-electron chi connectivity index (χ0n) is 8.06. The molecule has 0 aliphatic heterocycles. The van der Waals surface area contributed by atoms with Crippen LogP contribution in [0.25, 0.3) is 0 Å². The third kappa shape index (κ3) is 16.5. The van der Waals surface area contributed by atoms with E-state index in [4.69, 9.17) is 20.3 Å². The monoisotopic (exact) mass is 429 g/mol. The molecule has 0 spiro atoms. The maximum atomic E-state index is 8.33. The van der Waals surface area contributed by atoms with Gasteiger partial charge in [-0.15, -0.1) is 0 Å². The Hall–Kier alpha value is 2.08. The van der Waals surface area contributed by atoms with E-state index < -0.39 is 6.16 Å². The first-order valence-electron chi connectivity index (χ1n) is 3.00. The summed E-state index contributed by atoms with van der Waals surface area (Å²) in [4.78, 5) is 8.33. The van der Waals surface area contributed by atoms with Crippen molar-refractivity contribution in [2.24, 2.45) is 0 Å². The summed E-state index contributed by atoms with van der Waals surface area (Å²) in [6.07, 6.45) is -2.33.